The third-order valence-electron chi connectivity index (χ3n) is 5.05. The van der Waals surface area contributed by atoms with E-state index in [9.17, 15) is 17.6 Å². The number of piperidine rings is 1. The molecule has 10 heteroatoms. The number of nitrogens with zero attached hydrogens (tertiary/aromatic N) is 4. The van der Waals surface area contributed by atoms with Crippen LogP contribution in [-0.4, -0.2) is 52.6 Å². The number of nitrogens with one attached hydrogen (secondary N) is 1. The van der Waals surface area contributed by atoms with E-state index in [1.54, 1.807) is 23.8 Å². The van der Waals surface area contributed by atoms with E-state index in [-0.39, 0.29) is 29.3 Å². The Labute approximate surface area is 169 Å². The molecule has 0 aliphatic carbocycles. The van der Waals surface area contributed by atoms with E-state index in [1.807, 2.05) is 13.8 Å². The fraction of sp³-hybridized carbons (Fsp3) is 0.526. The van der Waals surface area contributed by atoms with Crippen LogP contribution in [0.3, 0.4) is 0 Å². The van der Waals surface area contributed by atoms with Crippen molar-refractivity contribution in [2.45, 2.75) is 45.7 Å². The third kappa shape index (κ3) is 4.81. The lowest BCUT2D eigenvalue weighted by molar-refractivity contribution is 0.331. The molecule has 1 aliphatic heterocycles. The molecule has 0 aromatic carbocycles. The Morgan fingerprint density at radius 2 is 1.93 bits per heavy atom. The monoisotopic (exact) mass is 423 g/mol. The molecule has 1 saturated heterocycles. The standard InChI is InChI=1S/C19H26FN5O3S/c1-12(2)25-11-14(9-13(3)18(25)26)17-16(20)10-21-19(23-17)22-15-5-7-24(8-6-15)29(4,27)28/h9-12,15H,5-8H2,1-4H3,(H,21,22,23). The highest BCUT2D eigenvalue weighted by molar-refractivity contribution is 7.88. The Hall–Kier alpha value is -2.33. The molecule has 1 N–H and O–H groups in total. The fourth-order valence-electron chi connectivity index (χ4n) is 3.41. The summed E-state index contributed by atoms with van der Waals surface area (Å²) in [6, 6.07) is 1.56. The van der Waals surface area contributed by atoms with Gasteiger partial charge in [-0.2, -0.15) is 0 Å². The van der Waals surface area contributed by atoms with Gasteiger partial charge in [-0.1, -0.05) is 0 Å². The first-order chi connectivity index (χ1) is 13.6. The van der Waals surface area contributed by atoms with Crippen LogP contribution in [0.4, 0.5) is 10.3 Å². The molecule has 0 amide bonds. The smallest absolute Gasteiger partial charge is 0.253 e. The average molecular weight is 424 g/mol. The van der Waals surface area contributed by atoms with Crippen molar-refractivity contribution in [2.75, 3.05) is 24.7 Å². The second-order valence-corrected chi connectivity index (χ2v) is 9.67. The van der Waals surface area contributed by atoms with Crippen LogP contribution in [0.15, 0.2) is 23.3 Å². The summed E-state index contributed by atoms with van der Waals surface area (Å²) in [5, 5.41) is 3.17. The second-order valence-electron chi connectivity index (χ2n) is 7.69. The summed E-state index contributed by atoms with van der Waals surface area (Å²) in [4.78, 5) is 20.6. The van der Waals surface area contributed by atoms with Gasteiger partial charge in [-0.25, -0.2) is 27.1 Å². The summed E-state index contributed by atoms with van der Waals surface area (Å²) in [6.07, 6.45) is 5.14. The van der Waals surface area contributed by atoms with Crippen molar-refractivity contribution in [3.05, 3.63) is 40.2 Å². The van der Waals surface area contributed by atoms with Crippen LogP contribution in [0.25, 0.3) is 11.3 Å². The number of rotatable bonds is 5. The molecule has 2 aromatic rings. The Bertz CT molecular complexity index is 1060. The summed E-state index contributed by atoms with van der Waals surface area (Å²) in [7, 11) is -3.19. The van der Waals surface area contributed by atoms with Gasteiger partial charge in [-0.3, -0.25) is 4.79 Å². The minimum absolute atomic E-state index is 0.00216. The Morgan fingerprint density at radius 3 is 2.52 bits per heavy atom. The number of halogens is 1. The number of hydrogen-bond acceptors (Lipinski definition) is 6. The van der Waals surface area contributed by atoms with Gasteiger partial charge >= 0.3 is 0 Å². The molecule has 158 valence electrons. The number of sulfonamides is 1. The van der Waals surface area contributed by atoms with Gasteiger partial charge in [0, 0.05) is 42.5 Å². The molecule has 8 nitrogen and oxygen atoms in total. The zero-order valence-corrected chi connectivity index (χ0v) is 17.8. The Kier molecular flexibility index (Phi) is 6.04. The largest absolute Gasteiger partial charge is 0.351 e. The van der Waals surface area contributed by atoms with E-state index in [0.717, 1.165) is 6.20 Å². The first kappa shape index (κ1) is 21.4. The molecule has 29 heavy (non-hydrogen) atoms. The number of aromatic nitrogens is 3. The predicted octanol–water partition coefficient (Wildman–Crippen LogP) is 2.17. The summed E-state index contributed by atoms with van der Waals surface area (Å²) in [5.41, 5.74) is 1.02. The maximum Gasteiger partial charge on any atom is 0.253 e. The van der Waals surface area contributed by atoms with Crippen molar-refractivity contribution >= 4 is 16.0 Å². The number of aryl methyl sites for hydroxylation is 1. The molecule has 1 fully saturated rings. The van der Waals surface area contributed by atoms with E-state index in [1.165, 1.54) is 10.6 Å². The third-order valence-corrected chi connectivity index (χ3v) is 6.36. The van der Waals surface area contributed by atoms with E-state index in [2.05, 4.69) is 15.3 Å². The highest BCUT2D eigenvalue weighted by atomic mass is 32.2. The summed E-state index contributed by atoms with van der Waals surface area (Å²) in [5.74, 6) is -0.296. The fourth-order valence-corrected chi connectivity index (χ4v) is 4.29. The number of hydrogen-bond donors (Lipinski definition) is 1. The van der Waals surface area contributed by atoms with Gasteiger partial charge in [0.1, 0.15) is 5.69 Å². The van der Waals surface area contributed by atoms with Crippen LogP contribution in [0.1, 0.15) is 38.3 Å². The quantitative estimate of drug-likeness (QED) is 0.792. The lowest BCUT2D eigenvalue weighted by Gasteiger charge is -2.30. The van der Waals surface area contributed by atoms with E-state index in [4.69, 9.17) is 0 Å². The van der Waals surface area contributed by atoms with Gasteiger partial charge in [0.05, 0.1) is 12.5 Å². The number of anilines is 1. The van der Waals surface area contributed by atoms with Crippen LogP contribution in [0.5, 0.6) is 0 Å². The minimum Gasteiger partial charge on any atom is -0.351 e. The predicted molar refractivity (Wildman–Crippen MR) is 110 cm³/mol. The van der Waals surface area contributed by atoms with Crippen LogP contribution in [0, 0.1) is 12.7 Å². The molecule has 0 saturated carbocycles. The van der Waals surface area contributed by atoms with Gasteiger partial charge in [-0.15, -0.1) is 0 Å². The highest BCUT2D eigenvalue weighted by Crippen LogP contribution is 2.23. The normalized spacial score (nSPS) is 16.3. The van der Waals surface area contributed by atoms with Crippen molar-refractivity contribution in [3.63, 3.8) is 0 Å². The molecule has 0 radical (unpaired) electrons. The topological polar surface area (TPSA) is 97.2 Å². The molecule has 3 heterocycles. The van der Waals surface area contributed by atoms with Crippen molar-refractivity contribution in [3.8, 4) is 11.3 Å². The molecule has 0 unspecified atom stereocenters. The SMILES string of the molecule is Cc1cc(-c2nc(NC3CCN(S(C)(=O)=O)CC3)ncc2F)cn(C(C)C)c1=O. The lowest BCUT2D eigenvalue weighted by atomic mass is 10.1. The van der Waals surface area contributed by atoms with Crippen LogP contribution < -0.4 is 10.9 Å². The highest BCUT2D eigenvalue weighted by Gasteiger charge is 2.25. The van der Waals surface area contributed by atoms with E-state index < -0.39 is 15.8 Å². The zero-order valence-electron chi connectivity index (χ0n) is 17.0. The maximum atomic E-state index is 14.5. The molecule has 0 atom stereocenters. The zero-order chi connectivity index (χ0) is 21.3. The van der Waals surface area contributed by atoms with E-state index >= 15 is 0 Å². The first-order valence-corrected chi connectivity index (χ1v) is 11.4. The summed E-state index contributed by atoms with van der Waals surface area (Å²) >= 11 is 0. The number of pyridine rings is 1. The van der Waals surface area contributed by atoms with Gasteiger partial charge in [0.25, 0.3) is 5.56 Å². The molecule has 0 spiro atoms. The molecule has 2 aromatic heterocycles. The van der Waals surface area contributed by atoms with Gasteiger partial charge in [-0.05, 0) is 39.7 Å². The maximum absolute atomic E-state index is 14.5. The summed E-state index contributed by atoms with van der Waals surface area (Å²) < 4.78 is 40.7. The summed E-state index contributed by atoms with van der Waals surface area (Å²) in [6.45, 7) is 6.30. The van der Waals surface area contributed by atoms with Gasteiger partial charge < -0.3 is 9.88 Å². The second kappa shape index (κ2) is 8.19. The van der Waals surface area contributed by atoms with Gasteiger partial charge in [0.15, 0.2) is 5.82 Å². The molecule has 1 aliphatic rings. The van der Waals surface area contributed by atoms with Crippen LogP contribution in [0.2, 0.25) is 0 Å². The average Bonchev–Trinajstić information content (AvgIpc) is 2.65. The Balaban J connectivity index is 1.84. The molecular weight excluding hydrogens is 397 g/mol. The van der Waals surface area contributed by atoms with Crippen LogP contribution >= 0.6 is 0 Å². The Morgan fingerprint density at radius 1 is 1.28 bits per heavy atom. The van der Waals surface area contributed by atoms with Crippen molar-refractivity contribution in [2.24, 2.45) is 0 Å². The van der Waals surface area contributed by atoms with Gasteiger partial charge in [0.2, 0.25) is 16.0 Å². The molecule has 0 bridgehead atoms. The molecular formula is C19H26FN5O3S. The minimum atomic E-state index is -3.19. The lowest BCUT2D eigenvalue weighted by Crippen LogP contribution is -2.42. The van der Waals surface area contributed by atoms with Crippen LogP contribution in [-0.2, 0) is 10.0 Å². The van der Waals surface area contributed by atoms with Crippen molar-refractivity contribution in [1.82, 2.24) is 18.8 Å². The van der Waals surface area contributed by atoms with E-state index in [0.29, 0.717) is 37.1 Å². The first-order valence-electron chi connectivity index (χ1n) is 9.53. The van der Waals surface area contributed by atoms with Crippen molar-refractivity contribution < 1.29 is 12.8 Å². The molecule has 3 rings (SSSR count). The van der Waals surface area contributed by atoms with Crippen molar-refractivity contribution in [1.29, 1.82) is 0 Å².